The van der Waals surface area contributed by atoms with E-state index in [1.165, 1.54) is 12.1 Å². The highest BCUT2D eigenvalue weighted by Gasteiger charge is 2.20. The van der Waals surface area contributed by atoms with Gasteiger partial charge in [-0.2, -0.15) is 0 Å². The summed E-state index contributed by atoms with van der Waals surface area (Å²) >= 11 is 11.9. The molecule has 0 aliphatic heterocycles. The van der Waals surface area contributed by atoms with Gasteiger partial charge in [-0.05, 0) is 30.2 Å². The summed E-state index contributed by atoms with van der Waals surface area (Å²) in [6.45, 7) is 2.01. The van der Waals surface area contributed by atoms with Crippen LogP contribution in [0.2, 0.25) is 10.0 Å². The monoisotopic (exact) mass is 364 g/mol. The molecule has 6 heteroatoms. The number of hydrogen-bond acceptors (Lipinski definition) is 2. The third-order valence-electron chi connectivity index (χ3n) is 3.57. The lowest BCUT2D eigenvalue weighted by Gasteiger charge is -2.17. The standard InChI is InChI=1S/C18H18Cl2N2O2/c1-2-6-14(12-7-4-3-5-8-12)17(23)21-22-18(24)15-11-13(19)9-10-16(15)20/h3-5,7-11,14H,2,6H2,1H3,(H,21,23)(H,22,24)/t14-/m0/s1. The van der Waals surface area contributed by atoms with Crippen LogP contribution in [-0.2, 0) is 4.79 Å². The number of hydrogen-bond donors (Lipinski definition) is 2. The molecule has 1 atom stereocenters. The van der Waals surface area contributed by atoms with Crippen LogP contribution in [0.15, 0.2) is 48.5 Å². The van der Waals surface area contributed by atoms with E-state index >= 15 is 0 Å². The Balaban J connectivity index is 2.05. The first-order valence-corrected chi connectivity index (χ1v) is 8.38. The molecule has 4 nitrogen and oxygen atoms in total. The van der Waals surface area contributed by atoms with Gasteiger partial charge < -0.3 is 0 Å². The molecule has 0 saturated carbocycles. The minimum Gasteiger partial charge on any atom is -0.273 e. The quantitative estimate of drug-likeness (QED) is 0.775. The van der Waals surface area contributed by atoms with E-state index in [0.717, 1.165) is 12.0 Å². The Morgan fingerprint density at radius 2 is 1.75 bits per heavy atom. The van der Waals surface area contributed by atoms with Crippen LogP contribution in [-0.4, -0.2) is 11.8 Å². The fraction of sp³-hybridized carbons (Fsp3) is 0.222. The van der Waals surface area contributed by atoms with Gasteiger partial charge in [-0.3, -0.25) is 20.4 Å². The minimum absolute atomic E-state index is 0.205. The molecule has 0 heterocycles. The molecule has 0 aliphatic carbocycles. The Labute approximate surface area is 151 Å². The molecule has 126 valence electrons. The lowest BCUT2D eigenvalue weighted by atomic mass is 9.94. The second-order valence-electron chi connectivity index (χ2n) is 5.32. The molecule has 2 amide bonds. The predicted octanol–water partition coefficient (Wildman–Crippen LogP) is 4.34. The van der Waals surface area contributed by atoms with Gasteiger partial charge in [0.15, 0.2) is 0 Å². The number of carbonyl (C=O) groups is 2. The maximum absolute atomic E-state index is 12.4. The molecule has 0 radical (unpaired) electrons. The summed E-state index contributed by atoms with van der Waals surface area (Å²) in [4.78, 5) is 24.6. The zero-order chi connectivity index (χ0) is 17.5. The van der Waals surface area contributed by atoms with E-state index in [1.807, 2.05) is 37.3 Å². The van der Waals surface area contributed by atoms with Crippen molar-refractivity contribution in [2.24, 2.45) is 0 Å². The van der Waals surface area contributed by atoms with Crippen molar-refractivity contribution in [1.82, 2.24) is 10.9 Å². The first kappa shape index (κ1) is 18.3. The fourth-order valence-electron chi connectivity index (χ4n) is 2.37. The molecular weight excluding hydrogens is 347 g/mol. The largest absolute Gasteiger partial charge is 0.273 e. The fourth-order valence-corrected chi connectivity index (χ4v) is 2.74. The van der Waals surface area contributed by atoms with Crippen LogP contribution in [0, 0.1) is 0 Å². The summed E-state index contributed by atoms with van der Waals surface area (Å²) in [5.41, 5.74) is 5.98. The average molecular weight is 365 g/mol. The van der Waals surface area contributed by atoms with Gasteiger partial charge in [0.05, 0.1) is 16.5 Å². The van der Waals surface area contributed by atoms with Gasteiger partial charge in [0.2, 0.25) is 5.91 Å². The average Bonchev–Trinajstić information content (AvgIpc) is 2.60. The van der Waals surface area contributed by atoms with E-state index in [2.05, 4.69) is 10.9 Å². The van der Waals surface area contributed by atoms with Crippen molar-refractivity contribution in [2.45, 2.75) is 25.7 Å². The van der Waals surface area contributed by atoms with Crippen LogP contribution in [0.3, 0.4) is 0 Å². The molecule has 2 aromatic carbocycles. The van der Waals surface area contributed by atoms with E-state index in [4.69, 9.17) is 23.2 Å². The van der Waals surface area contributed by atoms with Crippen LogP contribution < -0.4 is 10.9 Å². The molecule has 2 aromatic rings. The lowest BCUT2D eigenvalue weighted by Crippen LogP contribution is -2.44. The topological polar surface area (TPSA) is 58.2 Å². The number of carbonyl (C=O) groups excluding carboxylic acids is 2. The summed E-state index contributed by atoms with van der Waals surface area (Å²) in [5.74, 6) is -1.11. The van der Waals surface area contributed by atoms with Crippen molar-refractivity contribution in [3.63, 3.8) is 0 Å². The molecule has 2 N–H and O–H groups in total. The summed E-state index contributed by atoms with van der Waals surface area (Å²) in [5, 5.41) is 0.656. The molecule has 0 bridgehead atoms. The van der Waals surface area contributed by atoms with E-state index in [0.29, 0.717) is 11.4 Å². The van der Waals surface area contributed by atoms with Crippen molar-refractivity contribution in [3.05, 3.63) is 69.7 Å². The number of nitrogens with one attached hydrogen (secondary N) is 2. The molecule has 0 aliphatic rings. The molecule has 0 fully saturated rings. The normalized spacial score (nSPS) is 11.6. The lowest BCUT2D eigenvalue weighted by molar-refractivity contribution is -0.123. The van der Waals surface area contributed by atoms with Gasteiger partial charge in [0, 0.05) is 5.02 Å². The Morgan fingerprint density at radius 3 is 2.42 bits per heavy atom. The Kier molecular flexibility index (Phi) is 6.64. The minimum atomic E-state index is -0.515. The highest BCUT2D eigenvalue weighted by Crippen LogP contribution is 2.22. The van der Waals surface area contributed by atoms with Crippen molar-refractivity contribution in [3.8, 4) is 0 Å². The molecule has 0 spiro atoms. The van der Waals surface area contributed by atoms with Gasteiger partial charge >= 0.3 is 0 Å². The second-order valence-corrected chi connectivity index (χ2v) is 6.16. The van der Waals surface area contributed by atoms with E-state index in [9.17, 15) is 9.59 Å². The van der Waals surface area contributed by atoms with E-state index in [-0.39, 0.29) is 22.4 Å². The predicted molar refractivity (Wildman–Crippen MR) is 96.2 cm³/mol. The van der Waals surface area contributed by atoms with Crippen LogP contribution in [0.4, 0.5) is 0 Å². The summed E-state index contributed by atoms with van der Waals surface area (Å²) in [7, 11) is 0. The molecule has 2 rings (SSSR count). The first-order valence-electron chi connectivity index (χ1n) is 7.63. The highest BCUT2D eigenvalue weighted by atomic mass is 35.5. The van der Waals surface area contributed by atoms with Crippen LogP contribution >= 0.6 is 23.2 Å². The Morgan fingerprint density at radius 1 is 1.04 bits per heavy atom. The highest BCUT2D eigenvalue weighted by molar-refractivity contribution is 6.35. The maximum Gasteiger partial charge on any atom is 0.271 e. The maximum atomic E-state index is 12.4. The number of benzene rings is 2. The Hall–Kier alpha value is -2.04. The molecule has 0 unspecified atom stereocenters. The molecular formula is C18H18Cl2N2O2. The number of rotatable bonds is 5. The van der Waals surface area contributed by atoms with Crippen molar-refractivity contribution >= 4 is 35.0 Å². The van der Waals surface area contributed by atoms with Crippen molar-refractivity contribution < 1.29 is 9.59 Å². The zero-order valence-electron chi connectivity index (χ0n) is 13.2. The van der Waals surface area contributed by atoms with Gasteiger partial charge in [0.1, 0.15) is 0 Å². The van der Waals surface area contributed by atoms with Crippen LogP contribution in [0.5, 0.6) is 0 Å². The number of halogens is 2. The number of amides is 2. The van der Waals surface area contributed by atoms with Crippen LogP contribution in [0.25, 0.3) is 0 Å². The summed E-state index contributed by atoms with van der Waals surface area (Å²) in [6, 6.07) is 14.0. The van der Waals surface area contributed by atoms with Gasteiger partial charge in [-0.15, -0.1) is 0 Å². The third-order valence-corrected chi connectivity index (χ3v) is 4.13. The molecule has 0 aromatic heterocycles. The molecule has 0 saturated heterocycles. The van der Waals surface area contributed by atoms with Gasteiger partial charge in [0.25, 0.3) is 5.91 Å². The summed E-state index contributed by atoms with van der Waals surface area (Å²) < 4.78 is 0. The summed E-state index contributed by atoms with van der Waals surface area (Å²) in [6.07, 6.45) is 1.53. The zero-order valence-corrected chi connectivity index (χ0v) is 14.7. The van der Waals surface area contributed by atoms with E-state index < -0.39 is 5.91 Å². The third kappa shape index (κ3) is 4.73. The Bertz CT molecular complexity index is 720. The molecule has 24 heavy (non-hydrogen) atoms. The SMILES string of the molecule is CCC[C@H](C(=O)NNC(=O)c1cc(Cl)ccc1Cl)c1ccccc1. The van der Waals surface area contributed by atoms with Gasteiger partial charge in [-0.25, -0.2) is 0 Å². The second kappa shape index (κ2) is 8.71. The first-order chi connectivity index (χ1) is 11.5. The van der Waals surface area contributed by atoms with E-state index in [1.54, 1.807) is 6.07 Å². The van der Waals surface area contributed by atoms with Crippen molar-refractivity contribution in [2.75, 3.05) is 0 Å². The van der Waals surface area contributed by atoms with Crippen LogP contribution in [0.1, 0.15) is 41.6 Å². The van der Waals surface area contributed by atoms with Gasteiger partial charge in [-0.1, -0.05) is 66.9 Å². The number of hydrazine groups is 1. The van der Waals surface area contributed by atoms with Crippen molar-refractivity contribution in [1.29, 1.82) is 0 Å². The smallest absolute Gasteiger partial charge is 0.271 e.